The second-order valence-corrected chi connectivity index (χ2v) is 34.7. The van der Waals surface area contributed by atoms with Gasteiger partial charge in [-0.25, -0.2) is 0 Å². The Morgan fingerprint density at radius 3 is 0.527 bits per heavy atom. The van der Waals surface area contributed by atoms with E-state index in [1.54, 1.807) is 0 Å². The van der Waals surface area contributed by atoms with Crippen LogP contribution in [0.1, 0.15) is 233 Å². The van der Waals surface area contributed by atoms with Gasteiger partial charge in [0.1, 0.15) is 0 Å². The average Bonchev–Trinajstić information content (AvgIpc) is 3.22. The Kier molecular flexibility index (Phi) is 16.2. The van der Waals surface area contributed by atoms with Crippen LogP contribution in [0.25, 0.3) is 11.1 Å². The molecule has 0 saturated heterocycles. The van der Waals surface area contributed by atoms with E-state index in [1.165, 1.54) is 110 Å². The molecule has 0 N–H and O–H groups in total. The van der Waals surface area contributed by atoms with Crippen LogP contribution in [0.5, 0.6) is 0 Å². The third-order valence-corrected chi connectivity index (χ3v) is 20.5. The fourth-order valence-electron chi connectivity index (χ4n) is 12.2. The molecule has 2 heteroatoms. The van der Waals surface area contributed by atoms with E-state index in [0.717, 1.165) is 0 Å². The molecule has 0 radical (unpaired) electrons. The Morgan fingerprint density at radius 2 is 0.378 bits per heavy atom. The van der Waals surface area contributed by atoms with Gasteiger partial charge >= 0.3 is 0 Å². The third-order valence-electron chi connectivity index (χ3n) is 15.6. The van der Waals surface area contributed by atoms with Crippen LogP contribution in [0.2, 0.25) is 0 Å². The van der Waals surface area contributed by atoms with Crippen molar-refractivity contribution in [2.24, 2.45) is 0 Å². The van der Waals surface area contributed by atoms with Crippen LogP contribution in [0.4, 0.5) is 0 Å². The lowest BCUT2D eigenvalue weighted by atomic mass is 9.77. The summed E-state index contributed by atoms with van der Waals surface area (Å²) in [5.41, 5.74) is 19.6. The normalized spacial score (nSPS) is 13.6. The third kappa shape index (κ3) is 12.3. The first kappa shape index (κ1) is 59.4. The summed E-state index contributed by atoms with van der Waals surface area (Å²) in [6.07, 6.45) is 0. The SMILES string of the molecule is Cc1c(C(C)(C)C)cc(P(c2cc(C(C)(C)C)c(C)c(C(C)(C)C)c2)c2ccccc2-c2ccccc2P(c2cc(C(C)(C)C)c(C)c(C(C)(C)C)c2)c2cc(C(C)(C)C)c(C)c(C(C)(C)C)c2)cc1C(C)(C)C. The molecular formula is C72H100P2. The number of rotatable bonds is 7. The van der Waals surface area contributed by atoms with Gasteiger partial charge in [-0.3, -0.25) is 0 Å². The molecule has 0 amide bonds. The number of benzene rings is 6. The van der Waals surface area contributed by atoms with Gasteiger partial charge in [-0.15, -0.1) is 0 Å². The van der Waals surface area contributed by atoms with E-state index in [-0.39, 0.29) is 43.3 Å². The predicted molar refractivity (Wildman–Crippen MR) is 338 cm³/mol. The zero-order valence-electron chi connectivity index (χ0n) is 52.1. The van der Waals surface area contributed by atoms with Crippen molar-refractivity contribution in [1.29, 1.82) is 0 Å². The minimum atomic E-state index is -1.09. The number of hydrogen-bond donors (Lipinski definition) is 0. The highest BCUT2D eigenvalue weighted by atomic mass is 31.1. The first-order valence-electron chi connectivity index (χ1n) is 27.9. The minimum absolute atomic E-state index is 0.0405. The van der Waals surface area contributed by atoms with Crippen LogP contribution in [0.3, 0.4) is 0 Å². The summed E-state index contributed by atoms with van der Waals surface area (Å²) in [4.78, 5) is 0. The summed E-state index contributed by atoms with van der Waals surface area (Å²) in [5.74, 6) is 0. The van der Waals surface area contributed by atoms with E-state index < -0.39 is 15.8 Å². The Bertz CT molecular complexity index is 2530. The standard InChI is InChI=1S/C72H100P2/c1-45-55(65(5,6)7)37-49(38-56(45)66(8,9)10)73(50-39-57(67(11,12)13)46(2)58(40-50)68(14,15)16)63-35-31-29-33-53(63)54-34-30-32-36-64(54)74(51-41-59(69(17,18)19)47(3)60(42-51)70(20,21)22)52-43-61(71(23,24)25)48(4)62(44-52)72(26,27)28/h29-44H,1-28H3. The quantitative estimate of drug-likeness (QED) is 0.140. The van der Waals surface area contributed by atoms with Crippen molar-refractivity contribution in [1.82, 2.24) is 0 Å². The largest absolute Gasteiger partial charge is 0.0616 e. The fraction of sp³-hybridized carbons (Fsp3) is 0.500. The van der Waals surface area contributed by atoms with E-state index in [4.69, 9.17) is 0 Å². The predicted octanol–water partition coefficient (Wildman–Crippen LogP) is 18.5. The van der Waals surface area contributed by atoms with Gasteiger partial charge in [-0.05, 0) is 245 Å². The zero-order chi connectivity index (χ0) is 56.0. The van der Waals surface area contributed by atoms with Crippen molar-refractivity contribution in [3.8, 4) is 11.1 Å². The van der Waals surface area contributed by atoms with Gasteiger partial charge in [0.25, 0.3) is 0 Å². The fourth-order valence-corrected chi connectivity index (χ4v) is 17.3. The molecule has 0 fully saturated rings. The topological polar surface area (TPSA) is 0 Å². The summed E-state index contributed by atoms with van der Waals surface area (Å²) in [6.45, 7) is 67.3. The van der Waals surface area contributed by atoms with Gasteiger partial charge < -0.3 is 0 Å². The van der Waals surface area contributed by atoms with Crippen molar-refractivity contribution >= 4 is 47.7 Å². The van der Waals surface area contributed by atoms with Crippen molar-refractivity contribution in [2.45, 2.75) is 237 Å². The maximum absolute atomic E-state index is 2.63. The Labute approximate surface area is 457 Å². The monoisotopic (exact) mass is 1030 g/mol. The van der Waals surface area contributed by atoms with E-state index in [1.807, 2.05) is 0 Å². The lowest BCUT2D eigenvalue weighted by Crippen LogP contribution is -2.31. The van der Waals surface area contributed by atoms with Crippen molar-refractivity contribution in [3.05, 3.63) is 164 Å². The maximum Gasteiger partial charge on any atom is -0.00724 e. The molecule has 0 saturated carbocycles. The van der Waals surface area contributed by atoms with Gasteiger partial charge in [0, 0.05) is 0 Å². The molecule has 0 atom stereocenters. The van der Waals surface area contributed by atoms with Crippen LogP contribution in [0.15, 0.2) is 97.1 Å². The Hall–Kier alpha value is -3.82. The molecular weight excluding hydrogens is 927 g/mol. The second kappa shape index (κ2) is 20.2. The molecule has 0 nitrogen and oxygen atoms in total. The first-order chi connectivity index (χ1) is 33.5. The number of hydrogen-bond acceptors (Lipinski definition) is 0. The summed E-state index contributed by atoms with van der Waals surface area (Å²) < 4.78 is 0. The molecule has 6 aromatic carbocycles. The van der Waals surface area contributed by atoms with Crippen LogP contribution in [-0.4, -0.2) is 0 Å². The lowest BCUT2D eigenvalue weighted by molar-refractivity contribution is 0.561. The highest BCUT2D eigenvalue weighted by Gasteiger charge is 2.35. The van der Waals surface area contributed by atoms with Crippen LogP contribution in [0, 0.1) is 27.7 Å². The molecule has 0 aliphatic carbocycles. The zero-order valence-corrected chi connectivity index (χ0v) is 53.9. The Morgan fingerprint density at radius 1 is 0.230 bits per heavy atom. The van der Waals surface area contributed by atoms with Crippen LogP contribution >= 0.6 is 15.8 Å². The molecule has 398 valence electrons. The minimum Gasteiger partial charge on any atom is -0.0616 e. The van der Waals surface area contributed by atoms with Crippen molar-refractivity contribution in [3.63, 3.8) is 0 Å². The van der Waals surface area contributed by atoms with Gasteiger partial charge in [-0.2, -0.15) is 0 Å². The summed E-state index contributed by atoms with van der Waals surface area (Å²) in [5, 5.41) is 8.57. The highest BCUT2D eigenvalue weighted by Crippen LogP contribution is 2.48. The molecule has 0 spiro atoms. The van der Waals surface area contributed by atoms with Crippen molar-refractivity contribution in [2.75, 3.05) is 0 Å². The first-order valence-corrected chi connectivity index (χ1v) is 30.5. The molecule has 0 heterocycles. The summed E-state index contributed by atoms with van der Waals surface area (Å²) in [6, 6.07) is 40.2. The smallest absolute Gasteiger partial charge is 0.00724 e. The van der Waals surface area contributed by atoms with E-state index in [0.29, 0.717) is 0 Å². The Balaban J connectivity index is 1.87. The van der Waals surface area contributed by atoms with Gasteiger partial charge in [-0.1, -0.05) is 215 Å². The van der Waals surface area contributed by atoms with E-state index in [9.17, 15) is 0 Å². The highest BCUT2D eigenvalue weighted by molar-refractivity contribution is 7.80. The van der Waals surface area contributed by atoms with Gasteiger partial charge in [0.2, 0.25) is 0 Å². The summed E-state index contributed by atoms with van der Waals surface area (Å²) >= 11 is 0. The molecule has 0 aliphatic rings. The molecule has 0 unspecified atom stereocenters. The molecule has 0 bridgehead atoms. The van der Waals surface area contributed by atoms with Gasteiger partial charge in [0.15, 0.2) is 0 Å². The molecule has 0 aromatic heterocycles. The second-order valence-electron chi connectivity index (χ2n) is 30.4. The molecule has 0 aliphatic heterocycles. The maximum atomic E-state index is 2.63. The van der Waals surface area contributed by atoms with Crippen molar-refractivity contribution < 1.29 is 0 Å². The average molecular weight is 1030 g/mol. The van der Waals surface area contributed by atoms with Gasteiger partial charge in [0.05, 0.1) is 0 Å². The van der Waals surface area contributed by atoms with Crippen LogP contribution < -0.4 is 31.8 Å². The molecule has 74 heavy (non-hydrogen) atoms. The van der Waals surface area contributed by atoms with Crippen LogP contribution in [-0.2, 0) is 43.3 Å². The molecule has 6 rings (SSSR count). The van der Waals surface area contributed by atoms with E-state index in [2.05, 4.69) is 291 Å². The van der Waals surface area contributed by atoms with E-state index >= 15 is 0 Å². The lowest BCUT2D eigenvalue weighted by Gasteiger charge is -2.35. The summed E-state index contributed by atoms with van der Waals surface area (Å²) in [7, 11) is -2.19. The molecule has 6 aromatic rings.